The minimum atomic E-state index is 0.477. The molecule has 0 bridgehead atoms. The quantitative estimate of drug-likeness (QED) is 0.780. The lowest BCUT2D eigenvalue weighted by atomic mass is 10.1. The van der Waals surface area contributed by atoms with E-state index in [1.54, 1.807) is 12.4 Å². The molecule has 2 aromatic rings. The van der Waals surface area contributed by atoms with E-state index in [-0.39, 0.29) is 0 Å². The molecular formula is C12H10Cl2N2. The summed E-state index contributed by atoms with van der Waals surface area (Å²) in [7, 11) is 0. The van der Waals surface area contributed by atoms with Gasteiger partial charge >= 0.3 is 0 Å². The molecule has 0 fully saturated rings. The van der Waals surface area contributed by atoms with Gasteiger partial charge in [-0.2, -0.15) is 0 Å². The van der Waals surface area contributed by atoms with Crippen molar-refractivity contribution in [2.24, 2.45) is 0 Å². The first-order valence-corrected chi connectivity index (χ1v) is 5.92. The number of hydrogen-bond donors (Lipinski definition) is 0. The zero-order valence-electron chi connectivity index (χ0n) is 8.53. The molecule has 0 amide bonds. The van der Waals surface area contributed by atoms with E-state index in [4.69, 9.17) is 23.2 Å². The second-order valence-corrected chi connectivity index (χ2v) is 3.90. The summed E-state index contributed by atoms with van der Waals surface area (Å²) in [5, 5.41) is 0. The molecule has 4 heteroatoms. The van der Waals surface area contributed by atoms with E-state index < -0.39 is 0 Å². The number of aromatic nitrogens is 2. The van der Waals surface area contributed by atoms with Crippen molar-refractivity contribution in [1.82, 2.24) is 9.97 Å². The van der Waals surface area contributed by atoms with Crippen LogP contribution in [0, 0.1) is 0 Å². The average molecular weight is 253 g/mol. The lowest BCUT2D eigenvalue weighted by Gasteiger charge is -2.03. The Morgan fingerprint density at radius 3 is 1.62 bits per heavy atom. The molecule has 0 atom stereocenters. The Labute approximate surface area is 104 Å². The number of hydrogen-bond acceptors (Lipinski definition) is 2. The molecule has 82 valence electrons. The van der Waals surface area contributed by atoms with E-state index in [0.29, 0.717) is 11.8 Å². The van der Waals surface area contributed by atoms with Gasteiger partial charge < -0.3 is 0 Å². The molecule has 16 heavy (non-hydrogen) atoms. The second kappa shape index (κ2) is 5.28. The fraction of sp³-hybridized carbons (Fsp3) is 0.167. The predicted molar refractivity (Wildman–Crippen MR) is 66.6 cm³/mol. The maximum atomic E-state index is 5.78. The van der Waals surface area contributed by atoms with Gasteiger partial charge in [-0.1, -0.05) is 0 Å². The van der Waals surface area contributed by atoms with Crippen LogP contribution in [-0.4, -0.2) is 9.97 Å². The lowest BCUT2D eigenvalue weighted by Crippen LogP contribution is -1.90. The summed E-state index contributed by atoms with van der Waals surface area (Å²) in [5.41, 5.74) is 3.71. The summed E-state index contributed by atoms with van der Waals surface area (Å²) in [5.74, 6) is 0.954. The third kappa shape index (κ3) is 2.52. The van der Waals surface area contributed by atoms with Gasteiger partial charge in [0.1, 0.15) is 0 Å². The van der Waals surface area contributed by atoms with Crippen molar-refractivity contribution in [2.45, 2.75) is 11.8 Å². The molecule has 0 saturated carbocycles. The maximum Gasteiger partial charge on any atom is 0.0889 e. The van der Waals surface area contributed by atoms with E-state index in [2.05, 4.69) is 9.97 Å². The molecule has 0 saturated heterocycles. The minimum absolute atomic E-state index is 0.477. The first-order chi connectivity index (χ1) is 7.83. The van der Waals surface area contributed by atoms with E-state index in [9.17, 15) is 0 Å². The highest BCUT2D eigenvalue weighted by atomic mass is 35.5. The fourth-order valence-electron chi connectivity index (χ4n) is 1.39. The summed E-state index contributed by atoms with van der Waals surface area (Å²) in [4.78, 5) is 8.54. The highest BCUT2D eigenvalue weighted by molar-refractivity contribution is 6.17. The average Bonchev–Trinajstić information content (AvgIpc) is 2.39. The summed E-state index contributed by atoms with van der Waals surface area (Å²) in [6, 6.07) is 7.66. The van der Waals surface area contributed by atoms with Crippen molar-refractivity contribution >= 4 is 23.2 Å². The Morgan fingerprint density at radius 2 is 1.25 bits per heavy atom. The first-order valence-electron chi connectivity index (χ1n) is 4.85. The van der Waals surface area contributed by atoms with Crippen LogP contribution >= 0.6 is 23.2 Å². The van der Waals surface area contributed by atoms with Crippen LogP contribution in [-0.2, 0) is 11.8 Å². The van der Waals surface area contributed by atoms with Crippen molar-refractivity contribution in [3.05, 3.63) is 47.8 Å². The molecule has 0 aliphatic carbocycles. The SMILES string of the molecule is ClCc1ccnc(-c2cc(CCl)ccn2)c1. The van der Waals surface area contributed by atoms with Crippen molar-refractivity contribution in [1.29, 1.82) is 0 Å². The number of nitrogens with zero attached hydrogens (tertiary/aromatic N) is 2. The molecule has 2 heterocycles. The van der Waals surface area contributed by atoms with Crippen LogP contribution in [0.1, 0.15) is 11.1 Å². The molecule has 2 nitrogen and oxygen atoms in total. The molecule has 0 N–H and O–H groups in total. The van der Waals surface area contributed by atoms with Crippen LogP contribution in [0.25, 0.3) is 11.4 Å². The van der Waals surface area contributed by atoms with Crippen LogP contribution in [0.15, 0.2) is 36.7 Å². The smallest absolute Gasteiger partial charge is 0.0889 e. The Morgan fingerprint density at radius 1 is 0.812 bits per heavy atom. The molecular weight excluding hydrogens is 243 g/mol. The van der Waals surface area contributed by atoms with Gasteiger partial charge in [-0.15, -0.1) is 23.2 Å². The Balaban J connectivity index is 2.41. The topological polar surface area (TPSA) is 25.8 Å². The molecule has 0 unspecified atom stereocenters. The standard InChI is InChI=1S/C12H10Cl2N2/c13-7-9-1-3-15-11(5-9)12-6-10(8-14)2-4-16-12/h1-6H,7-8H2. The van der Waals surface area contributed by atoms with Crippen molar-refractivity contribution in [3.8, 4) is 11.4 Å². The predicted octanol–water partition coefficient (Wildman–Crippen LogP) is 3.62. The highest BCUT2D eigenvalue weighted by Crippen LogP contribution is 2.18. The third-order valence-electron chi connectivity index (χ3n) is 2.22. The van der Waals surface area contributed by atoms with E-state index in [1.807, 2.05) is 24.3 Å². The molecule has 0 radical (unpaired) electrons. The van der Waals surface area contributed by atoms with Gasteiger partial charge in [-0.05, 0) is 35.4 Å². The minimum Gasteiger partial charge on any atom is -0.255 e. The van der Waals surface area contributed by atoms with Crippen LogP contribution < -0.4 is 0 Å². The van der Waals surface area contributed by atoms with E-state index >= 15 is 0 Å². The van der Waals surface area contributed by atoms with Gasteiger partial charge in [-0.3, -0.25) is 9.97 Å². The lowest BCUT2D eigenvalue weighted by molar-refractivity contribution is 1.20. The summed E-state index contributed by atoms with van der Waals surface area (Å²) in [6.07, 6.45) is 3.48. The van der Waals surface area contributed by atoms with Crippen molar-refractivity contribution in [2.75, 3.05) is 0 Å². The van der Waals surface area contributed by atoms with Gasteiger partial charge in [0, 0.05) is 24.2 Å². The molecule has 0 aliphatic heterocycles. The normalized spacial score (nSPS) is 10.4. The molecule has 2 rings (SSSR count). The Hall–Kier alpha value is -1.12. The van der Waals surface area contributed by atoms with E-state index in [1.165, 1.54) is 0 Å². The van der Waals surface area contributed by atoms with E-state index in [0.717, 1.165) is 22.5 Å². The van der Waals surface area contributed by atoms with Crippen molar-refractivity contribution < 1.29 is 0 Å². The van der Waals surface area contributed by atoms with Gasteiger partial charge in [0.2, 0.25) is 0 Å². The highest BCUT2D eigenvalue weighted by Gasteiger charge is 2.02. The van der Waals surface area contributed by atoms with Crippen LogP contribution in [0.2, 0.25) is 0 Å². The van der Waals surface area contributed by atoms with Crippen LogP contribution in [0.5, 0.6) is 0 Å². The largest absolute Gasteiger partial charge is 0.255 e. The third-order valence-corrected chi connectivity index (χ3v) is 2.84. The first kappa shape index (κ1) is 11.4. The fourth-order valence-corrected chi connectivity index (χ4v) is 1.73. The Bertz CT molecular complexity index is 440. The van der Waals surface area contributed by atoms with Gasteiger partial charge in [0.25, 0.3) is 0 Å². The van der Waals surface area contributed by atoms with Crippen LogP contribution in [0.3, 0.4) is 0 Å². The number of halogens is 2. The molecule has 0 aliphatic rings. The monoisotopic (exact) mass is 252 g/mol. The summed E-state index contributed by atoms with van der Waals surface area (Å²) < 4.78 is 0. The second-order valence-electron chi connectivity index (χ2n) is 3.37. The van der Waals surface area contributed by atoms with Crippen LogP contribution in [0.4, 0.5) is 0 Å². The maximum absolute atomic E-state index is 5.78. The molecule has 2 aromatic heterocycles. The van der Waals surface area contributed by atoms with Gasteiger partial charge in [0.15, 0.2) is 0 Å². The zero-order chi connectivity index (χ0) is 11.4. The Kier molecular flexibility index (Phi) is 3.75. The number of alkyl halides is 2. The summed E-state index contributed by atoms with van der Waals surface area (Å²) in [6.45, 7) is 0. The zero-order valence-corrected chi connectivity index (χ0v) is 10.0. The van der Waals surface area contributed by atoms with Gasteiger partial charge in [-0.25, -0.2) is 0 Å². The number of rotatable bonds is 3. The number of pyridine rings is 2. The summed E-state index contributed by atoms with van der Waals surface area (Å²) >= 11 is 11.6. The molecule has 0 spiro atoms. The van der Waals surface area contributed by atoms with Gasteiger partial charge in [0.05, 0.1) is 11.4 Å². The molecule has 0 aromatic carbocycles. The van der Waals surface area contributed by atoms with Crippen molar-refractivity contribution in [3.63, 3.8) is 0 Å².